The topological polar surface area (TPSA) is 55.0 Å². The molecule has 5 heteroatoms. The molecule has 0 unspecified atom stereocenters. The van der Waals surface area contributed by atoms with Gasteiger partial charge < -0.3 is 10.6 Å². The molecule has 0 atom stereocenters. The minimum atomic E-state index is 0.559. The molecule has 1 aromatic heterocycles. The molecule has 0 bridgehead atoms. The first-order chi connectivity index (χ1) is 7.72. The van der Waals surface area contributed by atoms with E-state index >= 15 is 0 Å². The number of nitrogen functional groups attached to an aromatic ring is 1. The first-order valence-corrected chi connectivity index (χ1v) is 6.89. The van der Waals surface area contributed by atoms with Crippen molar-refractivity contribution < 1.29 is 0 Å². The molecule has 4 nitrogen and oxygen atoms in total. The number of anilines is 2. The van der Waals surface area contributed by atoms with E-state index in [1.807, 2.05) is 12.3 Å². The first kappa shape index (κ1) is 11.5. The van der Waals surface area contributed by atoms with Crippen LogP contribution in [0.25, 0.3) is 0 Å². The second-order valence-electron chi connectivity index (χ2n) is 4.12. The highest BCUT2D eigenvalue weighted by atomic mass is 32.2. The third-order valence-electron chi connectivity index (χ3n) is 2.78. The van der Waals surface area contributed by atoms with Gasteiger partial charge in [-0.2, -0.15) is 0 Å². The highest BCUT2D eigenvalue weighted by Crippen LogP contribution is 2.31. The summed E-state index contributed by atoms with van der Waals surface area (Å²) in [4.78, 5) is 11.0. The van der Waals surface area contributed by atoms with Crippen LogP contribution in [-0.2, 0) is 0 Å². The van der Waals surface area contributed by atoms with Crippen LogP contribution < -0.4 is 10.6 Å². The van der Waals surface area contributed by atoms with Gasteiger partial charge in [-0.1, -0.05) is 11.8 Å². The molecular formula is C11H18N4S. The van der Waals surface area contributed by atoms with Crippen molar-refractivity contribution in [3.63, 3.8) is 0 Å². The van der Waals surface area contributed by atoms with Gasteiger partial charge in [0.25, 0.3) is 0 Å². The van der Waals surface area contributed by atoms with Gasteiger partial charge in [-0.25, -0.2) is 9.97 Å². The van der Waals surface area contributed by atoms with Gasteiger partial charge >= 0.3 is 0 Å². The number of hydrogen-bond acceptors (Lipinski definition) is 5. The summed E-state index contributed by atoms with van der Waals surface area (Å²) in [7, 11) is 0. The maximum atomic E-state index is 5.78. The van der Waals surface area contributed by atoms with Gasteiger partial charge in [0.15, 0.2) is 5.16 Å². The molecule has 1 aliphatic rings. The lowest BCUT2D eigenvalue weighted by atomic mass is 10.3. The van der Waals surface area contributed by atoms with Crippen LogP contribution >= 0.6 is 11.8 Å². The zero-order valence-electron chi connectivity index (χ0n) is 9.81. The summed E-state index contributed by atoms with van der Waals surface area (Å²) in [5, 5.41) is 0.754. The van der Waals surface area contributed by atoms with Gasteiger partial charge in [-0.05, 0) is 31.9 Å². The quantitative estimate of drug-likeness (QED) is 0.628. The van der Waals surface area contributed by atoms with Crippen molar-refractivity contribution in [2.75, 3.05) is 30.0 Å². The predicted molar refractivity (Wildman–Crippen MR) is 68.8 cm³/mol. The Kier molecular flexibility index (Phi) is 3.53. The molecule has 0 aliphatic heterocycles. The van der Waals surface area contributed by atoms with Crippen LogP contribution in [0.4, 0.5) is 11.6 Å². The van der Waals surface area contributed by atoms with Gasteiger partial charge in [-0.15, -0.1) is 0 Å². The minimum Gasteiger partial charge on any atom is -0.383 e. The number of nitrogens with zero attached hydrogens (tertiary/aromatic N) is 3. The van der Waals surface area contributed by atoms with Gasteiger partial charge in [0.05, 0.1) is 0 Å². The zero-order valence-corrected chi connectivity index (χ0v) is 10.6. The van der Waals surface area contributed by atoms with Crippen molar-refractivity contribution >= 4 is 23.4 Å². The van der Waals surface area contributed by atoms with Crippen molar-refractivity contribution in [2.24, 2.45) is 5.92 Å². The van der Waals surface area contributed by atoms with Gasteiger partial charge in [-0.3, -0.25) is 0 Å². The Morgan fingerprint density at radius 3 is 2.81 bits per heavy atom. The van der Waals surface area contributed by atoms with Gasteiger partial charge in [0, 0.05) is 19.2 Å². The average molecular weight is 238 g/mol. The lowest BCUT2D eigenvalue weighted by Gasteiger charge is -2.22. The molecule has 88 valence electrons. The fraction of sp³-hybridized carbons (Fsp3) is 0.636. The lowest BCUT2D eigenvalue weighted by molar-refractivity contribution is 0.724. The normalized spacial score (nSPS) is 15.1. The fourth-order valence-corrected chi connectivity index (χ4v) is 2.06. The number of thioether (sulfide) groups is 1. The molecule has 1 fully saturated rings. The van der Waals surface area contributed by atoms with E-state index < -0.39 is 0 Å². The minimum absolute atomic E-state index is 0.559. The van der Waals surface area contributed by atoms with E-state index in [1.165, 1.54) is 24.6 Å². The molecule has 1 aliphatic carbocycles. The Balaban J connectivity index is 2.17. The monoisotopic (exact) mass is 238 g/mol. The van der Waals surface area contributed by atoms with Crippen LogP contribution in [0, 0.1) is 5.92 Å². The highest BCUT2D eigenvalue weighted by Gasteiger charge is 2.24. The molecule has 0 aromatic carbocycles. The Morgan fingerprint density at radius 1 is 1.50 bits per heavy atom. The number of nitrogens with two attached hydrogens (primary N) is 1. The van der Waals surface area contributed by atoms with E-state index in [4.69, 9.17) is 5.73 Å². The van der Waals surface area contributed by atoms with Gasteiger partial charge in [0.2, 0.25) is 0 Å². The Bertz CT molecular complexity index is 365. The molecule has 1 heterocycles. The van der Waals surface area contributed by atoms with Crippen molar-refractivity contribution in [2.45, 2.75) is 24.9 Å². The van der Waals surface area contributed by atoms with Crippen molar-refractivity contribution in [3.8, 4) is 0 Å². The van der Waals surface area contributed by atoms with Crippen LogP contribution in [0.15, 0.2) is 11.2 Å². The van der Waals surface area contributed by atoms with E-state index in [1.54, 1.807) is 0 Å². The summed E-state index contributed by atoms with van der Waals surface area (Å²) in [5.74, 6) is 2.38. The zero-order chi connectivity index (χ0) is 11.5. The van der Waals surface area contributed by atoms with E-state index in [0.717, 1.165) is 30.0 Å². The summed E-state index contributed by atoms with van der Waals surface area (Å²) in [6.45, 7) is 4.22. The number of aromatic nitrogens is 2. The van der Waals surface area contributed by atoms with Crippen LogP contribution in [0.1, 0.15) is 19.8 Å². The fourth-order valence-electron chi connectivity index (χ4n) is 1.68. The smallest absolute Gasteiger partial charge is 0.191 e. The summed E-state index contributed by atoms with van der Waals surface area (Å²) in [5.41, 5.74) is 5.78. The molecule has 0 radical (unpaired) electrons. The number of hydrogen-bond donors (Lipinski definition) is 1. The molecule has 2 rings (SSSR count). The largest absolute Gasteiger partial charge is 0.383 e. The maximum absolute atomic E-state index is 5.78. The van der Waals surface area contributed by atoms with Crippen LogP contribution in [0.2, 0.25) is 0 Å². The summed E-state index contributed by atoms with van der Waals surface area (Å²) < 4.78 is 0. The third-order valence-corrected chi connectivity index (χ3v) is 3.32. The third kappa shape index (κ3) is 2.78. The van der Waals surface area contributed by atoms with Crippen LogP contribution in [-0.4, -0.2) is 29.3 Å². The second-order valence-corrected chi connectivity index (χ2v) is 4.89. The predicted octanol–water partition coefficient (Wildman–Crippen LogP) is 2.02. The molecule has 1 aromatic rings. The van der Waals surface area contributed by atoms with E-state index in [9.17, 15) is 0 Å². The Morgan fingerprint density at radius 2 is 2.25 bits per heavy atom. The van der Waals surface area contributed by atoms with Crippen molar-refractivity contribution in [1.29, 1.82) is 0 Å². The lowest BCUT2D eigenvalue weighted by Crippen LogP contribution is -2.26. The van der Waals surface area contributed by atoms with Crippen molar-refractivity contribution in [1.82, 2.24) is 9.97 Å². The molecule has 0 spiro atoms. The van der Waals surface area contributed by atoms with Crippen LogP contribution in [0.3, 0.4) is 0 Å². The molecule has 16 heavy (non-hydrogen) atoms. The molecule has 2 N–H and O–H groups in total. The standard InChI is InChI=1S/C11H18N4S/c1-3-15(7-8-4-5-8)10-6-9(12)13-11(14-10)16-2/h6,8H,3-5,7H2,1-2H3,(H2,12,13,14). The Labute approximate surface area is 101 Å². The summed E-state index contributed by atoms with van der Waals surface area (Å²) >= 11 is 1.53. The molecular weight excluding hydrogens is 220 g/mol. The first-order valence-electron chi connectivity index (χ1n) is 5.66. The van der Waals surface area contributed by atoms with E-state index in [2.05, 4.69) is 21.8 Å². The second kappa shape index (κ2) is 4.91. The van der Waals surface area contributed by atoms with E-state index in [-0.39, 0.29) is 0 Å². The van der Waals surface area contributed by atoms with Gasteiger partial charge in [0.1, 0.15) is 11.6 Å². The summed E-state index contributed by atoms with van der Waals surface area (Å²) in [6.07, 6.45) is 4.68. The number of rotatable bonds is 5. The van der Waals surface area contributed by atoms with Crippen molar-refractivity contribution in [3.05, 3.63) is 6.07 Å². The highest BCUT2D eigenvalue weighted by molar-refractivity contribution is 7.98. The Hall–Kier alpha value is -0.970. The maximum Gasteiger partial charge on any atom is 0.191 e. The van der Waals surface area contributed by atoms with E-state index in [0.29, 0.717) is 5.82 Å². The molecule has 1 saturated carbocycles. The molecule has 0 saturated heterocycles. The average Bonchev–Trinajstić information content (AvgIpc) is 3.08. The molecule has 0 amide bonds. The summed E-state index contributed by atoms with van der Waals surface area (Å²) in [6, 6.07) is 1.87. The van der Waals surface area contributed by atoms with Crippen LogP contribution in [0.5, 0.6) is 0 Å². The SMILES string of the molecule is CCN(CC1CC1)c1cc(N)nc(SC)n1.